The molecule has 1 rings (SSSR count). The number of aromatic nitrogens is 3. The molecule has 0 aromatic carbocycles. The second-order valence-electron chi connectivity index (χ2n) is 4.49. The molecule has 1 atom stereocenters. The number of nitrogens with one attached hydrogen (secondary N) is 1. The highest BCUT2D eigenvalue weighted by atomic mass is 79.9. The van der Waals surface area contributed by atoms with Crippen LogP contribution in [0.25, 0.3) is 0 Å². The predicted octanol–water partition coefficient (Wildman–Crippen LogP) is 1.57. The summed E-state index contributed by atoms with van der Waals surface area (Å²) >= 11 is 3.47. The second-order valence-corrected chi connectivity index (χ2v) is 5.24. The molecule has 98 valence electrons. The number of halogens is 1. The molecule has 5 nitrogen and oxygen atoms in total. The van der Waals surface area contributed by atoms with E-state index in [4.69, 9.17) is 0 Å². The fourth-order valence-corrected chi connectivity index (χ4v) is 2.35. The maximum atomic E-state index is 4.05. The molecular formula is C11H22BrN5. The van der Waals surface area contributed by atoms with Gasteiger partial charge >= 0.3 is 0 Å². The van der Waals surface area contributed by atoms with Gasteiger partial charge < -0.3 is 10.2 Å². The van der Waals surface area contributed by atoms with Crippen molar-refractivity contribution in [2.75, 3.05) is 27.2 Å². The summed E-state index contributed by atoms with van der Waals surface area (Å²) in [6.45, 7) is 4.22. The third-order valence-corrected chi connectivity index (χ3v) is 3.23. The molecule has 0 saturated carbocycles. The molecule has 0 fully saturated rings. The van der Waals surface area contributed by atoms with Crippen LogP contribution in [-0.4, -0.2) is 47.1 Å². The van der Waals surface area contributed by atoms with Crippen LogP contribution < -0.4 is 5.32 Å². The van der Waals surface area contributed by atoms with E-state index in [9.17, 15) is 0 Å². The molecule has 0 saturated heterocycles. The Balaban J connectivity index is 2.74. The Hall–Kier alpha value is -0.460. The lowest BCUT2D eigenvalue weighted by molar-refractivity contribution is 0.353. The molecular weight excluding hydrogens is 282 g/mol. The fraction of sp³-hybridized carbons (Fsp3) is 0.818. The lowest BCUT2D eigenvalue weighted by Crippen LogP contribution is -2.28. The van der Waals surface area contributed by atoms with E-state index in [1.807, 2.05) is 11.7 Å². The molecule has 0 aliphatic rings. The molecule has 0 aliphatic carbocycles. The standard InChI is InChI=1S/C11H22BrN5/c1-5-7-13-9(6-8-16(2)3)10-11(12)14-15-17(10)4/h9,13H,5-8H2,1-4H3. The minimum atomic E-state index is 0.298. The van der Waals surface area contributed by atoms with Crippen LogP contribution in [0.15, 0.2) is 4.60 Å². The van der Waals surface area contributed by atoms with Crippen molar-refractivity contribution in [2.24, 2.45) is 7.05 Å². The molecule has 0 aliphatic heterocycles. The average Bonchev–Trinajstić information content (AvgIpc) is 2.60. The lowest BCUT2D eigenvalue weighted by atomic mass is 10.1. The minimum absolute atomic E-state index is 0.298. The van der Waals surface area contributed by atoms with Crippen molar-refractivity contribution in [3.8, 4) is 0 Å². The van der Waals surface area contributed by atoms with Gasteiger partial charge in [-0.15, -0.1) is 5.10 Å². The van der Waals surface area contributed by atoms with Crippen LogP contribution in [0.2, 0.25) is 0 Å². The van der Waals surface area contributed by atoms with Crippen molar-refractivity contribution in [2.45, 2.75) is 25.8 Å². The smallest absolute Gasteiger partial charge is 0.153 e. The number of hydrogen-bond acceptors (Lipinski definition) is 4. The van der Waals surface area contributed by atoms with E-state index in [0.717, 1.165) is 36.2 Å². The van der Waals surface area contributed by atoms with Gasteiger partial charge in [-0.05, 0) is 56.0 Å². The van der Waals surface area contributed by atoms with E-state index in [-0.39, 0.29) is 0 Å². The highest BCUT2D eigenvalue weighted by Crippen LogP contribution is 2.23. The van der Waals surface area contributed by atoms with Gasteiger partial charge in [-0.1, -0.05) is 12.1 Å². The van der Waals surface area contributed by atoms with Crippen molar-refractivity contribution in [3.05, 3.63) is 10.3 Å². The summed E-state index contributed by atoms with van der Waals surface area (Å²) in [5.41, 5.74) is 1.13. The molecule has 1 unspecified atom stereocenters. The summed E-state index contributed by atoms with van der Waals surface area (Å²) in [5, 5.41) is 11.6. The maximum Gasteiger partial charge on any atom is 0.153 e. The van der Waals surface area contributed by atoms with Crippen LogP contribution in [0, 0.1) is 0 Å². The number of rotatable bonds is 7. The van der Waals surface area contributed by atoms with Gasteiger partial charge in [0.1, 0.15) is 0 Å². The topological polar surface area (TPSA) is 46.0 Å². The Morgan fingerprint density at radius 1 is 1.47 bits per heavy atom. The number of aryl methyl sites for hydroxylation is 1. The van der Waals surface area contributed by atoms with Gasteiger partial charge in [-0.2, -0.15) is 0 Å². The molecule has 0 spiro atoms. The van der Waals surface area contributed by atoms with Gasteiger partial charge in [0, 0.05) is 7.05 Å². The fourth-order valence-electron chi connectivity index (χ4n) is 1.75. The number of hydrogen-bond donors (Lipinski definition) is 1. The van der Waals surface area contributed by atoms with Crippen LogP contribution in [0.5, 0.6) is 0 Å². The highest BCUT2D eigenvalue weighted by Gasteiger charge is 2.19. The van der Waals surface area contributed by atoms with E-state index in [2.05, 4.69) is 57.5 Å². The molecule has 1 aromatic rings. The van der Waals surface area contributed by atoms with E-state index in [1.165, 1.54) is 0 Å². The summed E-state index contributed by atoms with van der Waals surface area (Å²) in [7, 11) is 6.12. The first kappa shape index (κ1) is 14.6. The lowest BCUT2D eigenvalue weighted by Gasteiger charge is -2.20. The Bertz CT molecular complexity index is 317. The van der Waals surface area contributed by atoms with Crippen LogP contribution in [0.3, 0.4) is 0 Å². The maximum absolute atomic E-state index is 4.05. The van der Waals surface area contributed by atoms with Crippen molar-refractivity contribution in [1.29, 1.82) is 0 Å². The van der Waals surface area contributed by atoms with Gasteiger partial charge in [0.25, 0.3) is 0 Å². The zero-order valence-electron chi connectivity index (χ0n) is 11.1. The van der Waals surface area contributed by atoms with E-state index < -0.39 is 0 Å². The summed E-state index contributed by atoms with van der Waals surface area (Å²) in [6, 6.07) is 0.298. The van der Waals surface area contributed by atoms with E-state index in [1.54, 1.807) is 0 Å². The molecule has 17 heavy (non-hydrogen) atoms. The molecule has 0 bridgehead atoms. The van der Waals surface area contributed by atoms with Crippen LogP contribution >= 0.6 is 15.9 Å². The van der Waals surface area contributed by atoms with Crippen molar-refractivity contribution in [3.63, 3.8) is 0 Å². The average molecular weight is 304 g/mol. The summed E-state index contributed by atoms with van der Waals surface area (Å²) in [6.07, 6.45) is 2.17. The highest BCUT2D eigenvalue weighted by molar-refractivity contribution is 9.10. The van der Waals surface area contributed by atoms with Crippen molar-refractivity contribution < 1.29 is 0 Å². The third kappa shape index (κ3) is 4.37. The second kappa shape index (κ2) is 7.08. The summed E-state index contributed by atoms with van der Waals surface area (Å²) in [4.78, 5) is 2.19. The third-order valence-electron chi connectivity index (χ3n) is 2.66. The van der Waals surface area contributed by atoms with Crippen LogP contribution in [0.4, 0.5) is 0 Å². The Morgan fingerprint density at radius 3 is 2.65 bits per heavy atom. The Labute approximate surface area is 112 Å². The predicted molar refractivity (Wildman–Crippen MR) is 72.9 cm³/mol. The van der Waals surface area contributed by atoms with Gasteiger partial charge in [0.05, 0.1) is 11.7 Å². The van der Waals surface area contributed by atoms with Crippen LogP contribution in [-0.2, 0) is 7.05 Å². The van der Waals surface area contributed by atoms with Crippen LogP contribution in [0.1, 0.15) is 31.5 Å². The monoisotopic (exact) mass is 303 g/mol. The Kier molecular flexibility index (Phi) is 6.08. The van der Waals surface area contributed by atoms with Gasteiger partial charge in [0.2, 0.25) is 0 Å². The van der Waals surface area contributed by atoms with E-state index >= 15 is 0 Å². The minimum Gasteiger partial charge on any atom is -0.309 e. The van der Waals surface area contributed by atoms with Gasteiger partial charge in [0.15, 0.2) is 4.60 Å². The zero-order chi connectivity index (χ0) is 12.8. The zero-order valence-corrected chi connectivity index (χ0v) is 12.7. The summed E-state index contributed by atoms with van der Waals surface area (Å²) in [5.74, 6) is 0. The Morgan fingerprint density at radius 2 is 2.18 bits per heavy atom. The van der Waals surface area contributed by atoms with Crippen molar-refractivity contribution in [1.82, 2.24) is 25.2 Å². The molecule has 1 N–H and O–H groups in total. The molecule has 1 heterocycles. The SMILES string of the molecule is CCCNC(CCN(C)C)c1c(Br)nnn1C. The molecule has 0 radical (unpaired) electrons. The summed E-state index contributed by atoms with van der Waals surface area (Å²) < 4.78 is 2.68. The first-order valence-electron chi connectivity index (χ1n) is 5.99. The first-order chi connectivity index (χ1) is 8.06. The van der Waals surface area contributed by atoms with Crippen molar-refractivity contribution >= 4 is 15.9 Å². The quantitative estimate of drug-likeness (QED) is 0.830. The van der Waals surface area contributed by atoms with Gasteiger partial charge in [-0.3, -0.25) is 0 Å². The number of nitrogens with zero attached hydrogens (tertiary/aromatic N) is 4. The molecule has 1 aromatic heterocycles. The molecule has 6 heteroatoms. The first-order valence-corrected chi connectivity index (χ1v) is 6.78. The normalized spacial score (nSPS) is 13.3. The van der Waals surface area contributed by atoms with E-state index in [0.29, 0.717) is 6.04 Å². The van der Waals surface area contributed by atoms with Gasteiger partial charge in [-0.25, -0.2) is 4.68 Å². The largest absolute Gasteiger partial charge is 0.309 e. The molecule has 0 amide bonds.